The van der Waals surface area contributed by atoms with Crippen LogP contribution in [-0.2, 0) is 23.7 Å². The average Bonchev–Trinajstić information content (AvgIpc) is 2.68. The predicted molar refractivity (Wildman–Crippen MR) is 58.5 cm³/mol. The fourth-order valence-electron chi connectivity index (χ4n) is 2.66. The largest absolute Gasteiger partial charge is 0.365 e. The van der Waals surface area contributed by atoms with E-state index in [2.05, 4.69) is 0 Å². The van der Waals surface area contributed by atoms with Crippen LogP contribution in [0.5, 0.6) is 0 Å². The van der Waals surface area contributed by atoms with Gasteiger partial charge in [0.2, 0.25) is 0 Å². The minimum absolute atomic E-state index is 0.0154. The zero-order chi connectivity index (χ0) is 12.3. The highest BCUT2D eigenvalue weighted by Crippen LogP contribution is 2.43. The molecule has 3 rings (SSSR count). The lowest BCUT2D eigenvalue weighted by Gasteiger charge is -2.42. The van der Waals surface area contributed by atoms with Gasteiger partial charge in [0.1, 0.15) is 17.8 Å². The molecule has 3 heterocycles. The van der Waals surface area contributed by atoms with Crippen molar-refractivity contribution in [2.45, 2.75) is 57.1 Å². The van der Waals surface area contributed by atoms with Crippen LogP contribution < -0.4 is 0 Å². The highest BCUT2D eigenvalue weighted by Gasteiger charge is 2.61. The van der Waals surface area contributed by atoms with Crippen LogP contribution in [0, 0.1) is 0 Å². The molecular formula is C12H20O5. The van der Waals surface area contributed by atoms with Crippen molar-refractivity contribution in [1.29, 1.82) is 0 Å². The van der Waals surface area contributed by atoms with Crippen molar-refractivity contribution in [1.82, 2.24) is 0 Å². The van der Waals surface area contributed by atoms with Gasteiger partial charge >= 0.3 is 0 Å². The summed E-state index contributed by atoms with van der Waals surface area (Å²) in [6.45, 7) is 9.17. The first-order chi connectivity index (χ1) is 7.82. The van der Waals surface area contributed by atoms with E-state index in [0.29, 0.717) is 19.8 Å². The van der Waals surface area contributed by atoms with Crippen molar-refractivity contribution < 1.29 is 23.7 Å². The van der Waals surface area contributed by atoms with Crippen molar-refractivity contribution in [3.05, 3.63) is 0 Å². The van der Waals surface area contributed by atoms with Crippen LogP contribution in [0.25, 0.3) is 0 Å². The normalized spacial score (nSPS) is 41.6. The maximum atomic E-state index is 5.93. The van der Waals surface area contributed by atoms with E-state index in [1.54, 1.807) is 0 Å². The molecule has 0 amide bonds. The smallest absolute Gasteiger partial charge is 0.164 e. The van der Waals surface area contributed by atoms with Gasteiger partial charge < -0.3 is 23.7 Å². The quantitative estimate of drug-likeness (QED) is 0.637. The van der Waals surface area contributed by atoms with E-state index in [1.165, 1.54) is 0 Å². The van der Waals surface area contributed by atoms with E-state index in [-0.39, 0.29) is 12.2 Å². The first-order valence-electron chi connectivity index (χ1n) is 6.10. The Balaban J connectivity index is 1.77. The highest BCUT2D eigenvalue weighted by molar-refractivity contribution is 5.05. The Morgan fingerprint density at radius 2 is 1.47 bits per heavy atom. The number of rotatable bonds is 0. The van der Waals surface area contributed by atoms with Gasteiger partial charge in [-0.1, -0.05) is 0 Å². The van der Waals surface area contributed by atoms with E-state index in [1.807, 2.05) is 27.7 Å². The highest BCUT2D eigenvalue weighted by atomic mass is 16.8. The zero-order valence-corrected chi connectivity index (χ0v) is 10.8. The van der Waals surface area contributed by atoms with Gasteiger partial charge in [-0.25, -0.2) is 0 Å². The SMILES string of the molecule is CC1(C)OCC2(CO1)OCC1OC(C)(C)OC12. The van der Waals surface area contributed by atoms with Crippen molar-refractivity contribution in [2.24, 2.45) is 0 Å². The Morgan fingerprint density at radius 1 is 0.824 bits per heavy atom. The summed E-state index contributed by atoms with van der Waals surface area (Å²) in [5.41, 5.74) is -0.506. The van der Waals surface area contributed by atoms with Crippen LogP contribution >= 0.6 is 0 Å². The Kier molecular flexibility index (Phi) is 2.39. The van der Waals surface area contributed by atoms with Gasteiger partial charge in [-0.05, 0) is 27.7 Å². The number of hydrogen-bond donors (Lipinski definition) is 0. The summed E-state index contributed by atoms with van der Waals surface area (Å²) < 4.78 is 28.9. The third-order valence-corrected chi connectivity index (χ3v) is 3.57. The Bertz CT molecular complexity index is 315. The number of hydrogen-bond acceptors (Lipinski definition) is 5. The van der Waals surface area contributed by atoms with Gasteiger partial charge in [0.25, 0.3) is 0 Å². The first-order valence-corrected chi connectivity index (χ1v) is 6.10. The molecule has 3 aliphatic rings. The standard InChI is InChI=1S/C12H20O5/c1-10(2)14-6-12(7-15-10)9-8(5-13-12)16-11(3,4)17-9/h8-9H,5-7H2,1-4H3. The summed E-state index contributed by atoms with van der Waals surface area (Å²) in [7, 11) is 0. The molecule has 0 aromatic rings. The molecule has 0 aliphatic carbocycles. The van der Waals surface area contributed by atoms with Crippen LogP contribution in [0.4, 0.5) is 0 Å². The van der Waals surface area contributed by atoms with Crippen molar-refractivity contribution >= 4 is 0 Å². The maximum absolute atomic E-state index is 5.93. The first kappa shape index (κ1) is 11.9. The Morgan fingerprint density at radius 3 is 2.12 bits per heavy atom. The Labute approximate surface area is 101 Å². The molecule has 0 aromatic heterocycles. The molecule has 98 valence electrons. The molecule has 0 N–H and O–H groups in total. The van der Waals surface area contributed by atoms with Gasteiger partial charge in [-0.3, -0.25) is 0 Å². The molecule has 3 aliphatic heterocycles. The zero-order valence-electron chi connectivity index (χ0n) is 10.8. The summed E-state index contributed by atoms with van der Waals surface area (Å²) in [5, 5.41) is 0. The van der Waals surface area contributed by atoms with Crippen LogP contribution in [0.15, 0.2) is 0 Å². The molecule has 0 radical (unpaired) electrons. The molecule has 2 atom stereocenters. The van der Waals surface area contributed by atoms with E-state index in [0.717, 1.165) is 0 Å². The molecule has 1 spiro atoms. The molecule has 0 aromatic carbocycles. The second kappa shape index (κ2) is 3.42. The molecule has 0 bridgehead atoms. The average molecular weight is 244 g/mol. The molecule has 5 nitrogen and oxygen atoms in total. The van der Waals surface area contributed by atoms with Gasteiger partial charge in [-0.2, -0.15) is 0 Å². The van der Waals surface area contributed by atoms with Crippen LogP contribution in [-0.4, -0.2) is 49.2 Å². The van der Waals surface area contributed by atoms with Gasteiger partial charge in [0.15, 0.2) is 11.6 Å². The minimum atomic E-state index is -0.543. The minimum Gasteiger partial charge on any atom is -0.365 e. The molecule has 5 heteroatoms. The topological polar surface area (TPSA) is 46.2 Å². The lowest BCUT2D eigenvalue weighted by Crippen LogP contribution is -2.57. The summed E-state index contributed by atoms with van der Waals surface area (Å²) in [6, 6.07) is 0. The van der Waals surface area contributed by atoms with Crippen LogP contribution in [0.3, 0.4) is 0 Å². The fourth-order valence-corrected chi connectivity index (χ4v) is 2.66. The third-order valence-electron chi connectivity index (χ3n) is 3.57. The van der Waals surface area contributed by atoms with Gasteiger partial charge in [0.05, 0.1) is 19.8 Å². The Hall–Kier alpha value is -0.200. The molecule has 0 saturated carbocycles. The summed E-state index contributed by atoms with van der Waals surface area (Å²) in [5.74, 6) is -1.08. The van der Waals surface area contributed by atoms with Crippen molar-refractivity contribution in [2.75, 3.05) is 19.8 Å². The molecule has 2 unspecified atom stereocenters. The summed E-state index contributed by atoms with van der Waals surface area (Å²) in [4.78, 5) is 0. The van der Waals surface area contributed by atoms with Gasteiger partial charge in [-0.15, -0.1) is 0 Å². The van der Waals surface area contributed by atoms with E-state index >= 15 is 0 Å². The second-order valence-electron chi connectivity index (χ2n) is 5.95. The monoisotopic (exact) mass is 244 g/mol. The van der Waals surface area contributed by atoms with Crippen molar-refractivity contribution in [3.8, 4) is 0 Å². The second-order valence-corrected chi connectivity index (χ2v) is 5.95. The molecule has 3 saturated heterocycles. The van der Waals surface area contributed by atoms with E-state index in [4.69, 9.17) is 23.7 Å². The van der Waals surface area contributed by atoms with Crippen LogP contribution in [0.1, 0.15) is 27.7 Å². The summed E-state index contributed by atoms with van der Waals surface area (Å²) in [6.07, 6.45) is -0.119. The van der Waals surface area contributed by atoms with E-state index in [9.17, 15) is 0 Å². The van der Waals surface area contributed by atoms with Crippen LogP contribution in [0.2, 0.25) is 0 Å². The molecule has 3 fully saturated rings. The lowest BCUT2D eigenvalue weighted by atomic mass is 9.96. The van der Waals surface area contributed by atoms with Crippen molar-refractivity contribution in [3.63, 3.8) is 0 Å². The third kappa shape index (κ3) is 1.90. The predicted octanol–water partition coefficient (Wildman–Crippen LogP) is 1.06. The van der Waals surface area contributed by atoms with E-state index < -0.39 is 17.2 Å². The lowest BCUT2D eigenvalue weighted by molar-refractivity contribution is -0.321. The number of ether oxygens (including phenoxy) is 5. The molecular weight excluding hydrogens is 224 g/mol. The maximum Gasteiger partial charge on any atom is 0.164 e. The van der Waals surface area contributed by atoms with Gasteiger partial charge in [0, 0.05) is 0 Å². The molecule has 17 heavy (non-hydrogen) atoms. The summed E-state index contributed by atoms with van der Waals surface area (Å²) >= 11 is 0. The fraction of sp³-hybridized carbons (Fsp3) is 1.00. The number of fused-ring (bicyclic) bond motifs is 2.